The summed E-state index contributed by atoms with van der Waals surface area (Å²) in [5.41, 5.74) is 4.37. The van der Waals surface area contributed by atoms with Crippen molar-refractivity contribution in [2.45, 2.75) is 32.1 Å². The lowest BCUT2D eigenvalue weighted by molar-refractivity contribution is -0.118. The Labute approximate surface area is 183 Å². The number of fused-ring (bicyclic) bond motifs is 1. The Morgan fingerprint density at radius 3 is 2.69 bits per heavy atom. The molecule has 1 amide bonds. The topological polar surface area (TPSA) is 114 Å². The third-order valence-corrected chi connectivity index (χ3v) is 5.91. The van der Waals surface area contributed by atoms with Crippen molar-refractivity contribution in [3.8, 4) is 17.3 Å². The zero-order valence-electron chi connectivity index (χ0n) is 17.6. The van der Waals surface area contributed by atoms with Crippen LogP contribution in [0.1, 0.15) is 49.1 Å². The highest BCUT2D eigenvalue weighted by Crippen LogP contribution is 2.42. The van der Waals surface area contributed by atoms with E-state index in [1.54, 1.807) is 29.3 Å². The number of carbonyl (C=O) groups is 1. The molecule has 1 saturated heterocycles. The third-order valence-electron chi connectivity index (χ3n) is 5.91. The van der Waals surface area contributed by atoms with E-state index in [-0.39, 0.29) is 23.3 Å². The first-order valence-electron chi connectivity index (χ1n) is 10.4. The lowest BCUT2D eigenvalue weighted by Crippen LogP contribution is -2.27. The Balaban J connectivity index is 1.59. The van der Waals surface area contributed by atoms with E-state index < -0.39 is 5.92 Å². The number of nitriles is 1. The standard InChI is InChI=1S/C23H20FN7O/c1-12(2)19-21(20(29-28-19)13-3-5-14(24)6-4-13)31-10-8-16(23(31)32)15-7-9-26-22-18(15)17(11-25)27-30-22/h3-7,9,12,16H,8,10H2,1-2H3,(H,28,29)(H,26,27,30). The smallest absolute Gasteiger partial charge is 0.234 e. The van der Waals surface area contributed by atoms with Gasteiger partial charge in [0, 0.05) is 18.3 Å². The molecule has 0 spiro atoms. The molecule has 0 bridgehead atoms. The number of hydrogen-bond donors (Lipinski definition) is 2. The Morgan fingerprint density at radius 2 is 1.97 bits per heavy atom. The Kier molecular flexibility index (Phi) is 4.70. The fraction of sp³-hybridized carbons (Fsp3) is 0.261. The van der Waals surface area contributed by atoms with Gasteiger partial charge in [0.25, 0.3) is 0 Å². The molecule has 1 atom stereocenters. The van der Waals surface area contributed by atoms with Crippen LogP contribution in [0.4, 0.5) is 10.1 Å². The van der Waals surface area contributed by atoms with Gasteiger partial charge in [-0.1, -0.05) is 13.8 Å². The van der Waals surface area contributed by atoms with Crippen LogP contribution in [-0.2, 0) is 4.79 Å². The average molecular weight is 429 g/mol. The summed E-state index contributed by atoms with van der Waals surface area (Å²) in [5, 5.41) is 24.4. The van der Waals surface area contributed by atoms with Crippen molar-refractivity contribution in [2.75, 3.05) is 11.4 Å². The SMILES string of the molecule is CC(C)c1[nH]nc(-c2ccc(F)cc2)c1N1CCC(c2ccnc3[nH]nc(C#N)c23)C1=O. The molecule has 1 aliphatic rings. The molecule has 3 aromatic heterocycles. The second-order valence-electron chi connectivity index (χ2n) is 8.14. The van der Waals surface area contributed by atoms with Crippen molar-refractivity contribution in [1.82, 2.24) is 25.4 Å². The van der Waals surface area contributed by atoms with Crippen molar-refractivity contribution in [1.29, 1.82) is 5.26 Å². The van der Waals surface area contributed by atoms with Crippen LogP contribution in [0.2, 0.25) is 0 Å². The summed E-state index contributed by atoms with van der Waals surface area (Å²) < 4.78 is 13.5. The Bertz CT molecular complexity index is 1360. The first-order chi connectivity index (χ1) is 15.5. The zero-order chi connectivity index (χ0) is 22.4. The molecule has 160 valence electrons. The number of anilines is 1. The number of hydrogen-bond acceptors (Lipinski definition) is 5. The van der Waals surface area contributed by atoms with E-state index in [1.807, 2.05) is 13.8 Å². The van der Waals surface area contributed by atoms with Gasteiger partial charge in [-0.05, 0) is 48.2 Å². The molecule has 32 heavy (non-hydrogen) atoms. The number of pyridine rings is 1. The minimum absolute atomic E-state index is 0.0748. The molecule has 0 saturated carbocycles. The summed E-state index contributed by atoms with van der Waals surface area (Å²) >= 11 is 0. The maximum Gasteiger partial charge on any atom is 0.234 e. The van der Waals surface area contributed by atoms with Crippen LogP contribution in [0, 0.1) is 17.1 Å². The monoisotopic (exact) mass is 429 g/mol. The van der Waals surface area contributed by atoms with Crippen LogP contribution in [0.25, 0.3) is 22.3 Å². The van der Waals surface area contributed by atoms with E-state index in [4.69, 9.17) is 0 Å². The van der Waals surface area contributed by atoms with Crippen LogP contribution in [0.5, 0.6) is 0 Å². The van der Waals surface area contributed by atoms with Gasteiger partial charge >= 0.3 is 0 Å². The number of H-pyrrole nitrogens is 2. The van der Waals surface area contributed by atoms with Crippen LogP contribution in [0.3, 0.4) is 0 Å². The van der Waals surface area contributed by atoms with Gasteiger partial charge in [-0.15, -0.1) is 0 Å². The predicted octanol–water partition coefficient (Wildman–Crippen LogP) is 4.00. The number of nitrogens with one attached hydrogen (secondary N) is 2. The number of halogens is 1. The first-order valence-corrected chi connectivity index (χ1v) is 10.4. The molecule has 1 aromatic carbocycles. The second kappa shape index (κ2) is 7.57. The highest BCUT2D eigenvalue weighted by atomic mass is 19.1. The first kappa shape index (κ1) is 19.9. The van der Waals surface area contributed by atoms with Crippen LogP contribution < -0.4 is 4.90 Å². The molecule has 4 heterocycles. The Morgan fingerprint density at radius 1 is 1.19 bits per heavy atom. The van der Waals surface area contributed by atoms with Gasteiger partial charge in [-0.3, -0.25) is 15.0 Å². The molecule has 0 radical (unpaired) electrons. The molecular formula is C23H20FN7O. The van der Waals surface area contributed by atoms with Gasteiger partial charge in [-0.25, -0.2) is 9.37 Å². The van der Waals surface area contributed by atoms with Crippen LogP contribution in [0.15, 0.2) is 36.5 Å². The number of rotatable bonds is 4. The van der Waals surface area contributed by atoms with Crippen molar-refractivity contribution in [3.05, 3.63) is 59.3 Å². The molecule has 1 unspecified atom stereocenters. The average Bonchev–Trinajstić information content (AvgIpc) is 3.50. The van der Waals surface area contributed by atoms with E-state index in [2.05, 4.69) is 31.4 Å². The highest BCUT2D eigenvalue weighted by Gasteiger charge is 2.38. The summed E-state index contributed by atoms with van der Waals surface area (Å²) in [4.78, 5) is 19.7. The highest BCUT2D eigenvalue weighted by molar-refractivity contribution is 6.05. The van der Waals surface area contributed by atoms with Gasteiger partial charge in [0.15, 0.2) is 11.3 Å². The summed E-state index contributed by atoms with van der Waals surface area (Å²) in [6, 6.07) is 9.94. The van der Waals surface area contributed by atoms with Gasteiger partial charge in [0.1, 0.15) is 17.6 Å². The van der Waals surface area contributed by atoms with E-state index in [0.29, 0.717) is 29.7 Å². The summed E-state index contributed by atoms with van der Waals surface area (Å²) in [7, 11) is 0. The summed E-state index contributed by atoms with van der Waals surface area (Å²) in [6.45, 7) is 4.56. The summed E-state index contributed by atoms with van der Waals surface area (Å²) in [5.74, 6) is -0.733. The van der Waals surface area contributed by atoms with Gasteiger partial charge in [-0.2, -0.15) is 15.5 Å². The summed E-state index contributed by atoms with van der Waals surface area (Å²) in [6.07, 6.45) is 2.20. The fourth-order valence-electron chi connectivity index (χ4n) is 4.37. The molecule has 1 fully saturated rings. The second-order valence-corrected chi connectivity index (χ2v) is 8.14. The van der Waals surface area contributed by atoms with Crippen LogP contribution >= 0.6 is 0 Å². The Hall–Kier alpha value is -4.06. The molecule has 4 aromatic rings. The number of amides is 1. The van der Waals surface area contributed by atoms with Crippen molar-refractivity contribution >= 4 is 22.6 Å². The van der Waals surface area contributed by atoms with Crippen molar-refractivity contribution in [2.24, 2.45) is 0 Å². The molecule has 9 heteroatoms. The maximum atomic E-state index is 13.7. The maximum absolute atomic E-state index is 13.7. The third kappa shape index (κ3) is 3.03. The zero-order valence-corrected chi connectivity index (χ0v) is 17.6. The predicted molar refractivity (Wildman–Crippen MR) is 116 cm³/mol. The number of benzene rings is 1. The molecular weight excluding hydrogens is 409 g/mol. The molecule has 8 nitrogen and oxygen atoms in total. The normalized spacial score (nSPS) is 16.3. The van der Waals surface area contributed by atoms with E-state index in [0.717, 1.165) is 22.5 Å². The molecule has 1 aliphatic heterocycles. The van der Waals surface area contributed by atoms with Crippen molar-refractivity contribution in [3.63, 3.8) is 0 Å². The largest absolute Gasteiger partial charge is 0.308 e. The van der Waals surface area contributed by atoms with Crippen molar-refractivity contribution < 1.29 is 9.18 Å². The minimum Gasteiger partial charge on any atom is -0.308 e. The van der Waals surface area contributed by atoms with E-state index in [9.17, 15) is 14.4 Å². The quantitative estimate of drug-likeness (QED) is 0.509. The lowest BCUT2D eigenvalue weighted by Gasteiger charge is -2.20. The lowest BCUT2D eigenvalue weighted by atomic mass is 9.95. The molecule has 0 aliphatic carbocycles. The fourth-order valence-corrected chi connectivity index (χ4v) is 4.37. The number of carbonyl (C=O) groups excluding carboxylic acids is 1. The number of aromatic nitrogens is 5. The van der Waals surface area contributed by atoms with Gasteiger partial charge in [0.05, 0.1) is 22.7 Å². The number of aromatic amines is 2. The van der Waals surface area contributed by atoms with Gasteiger partial charge < -0.3 is 4.90 Å². The minimum atomic E-state index is -0.429. The van der Waals surface area contributed by atoms with E-state index >= 15 is 0 Å². The number of nitrogens with zero attached hydrogens (tertiary/aromatic N) is 5. The van der Waals surface area contributed by atoms with Gasteiger partial charge in [0.2, 0.25) is 5.91 Å². The molecule has 2 N–H and O–H groups in total. The van der Waals surface area contributed by atoms with Crippen LogP contribution in [-0.4, -0.2) is 37.8 Å². The molecule has 5 rings (SSSR count). The van der Waals surface area contributed by atoms with E-state index in [1.165, 1.54) is 12.1 Å².